The third kappa shape index (κ3) is 3.45. The molecular weight excluding hydrogens is 227 g/mol. The van der Waals surface area contributed by atoms with Crippen LogP contribution in [0.15, 0.2) is 0 Å². The molecule has 0 radical (unpaired) electrons. The molecule has 2 atom stereocenters. The molecule has 1 N–H and O–H groups in total. The molecule has 0 amide bonds. The maximum absolute atomic E-state index is 12.7. The van der Waals surface area contributed by atoms with Crippen LogP contribution in [0.4, 0.5) is 4.39 Å². The fourth-order valence-electron chi connectivity index (χ4n) is 3.73. The van der Waals surface area contributed by atoms with Crippen LogP contribution in [0.3, 0.4) is 0 Å². The van der Waals surface area contributed by atoms with Gasteiger partial charge in [-0.3, -0.25) is 4.90 Å². The number of hydrogen-bond acceptors (Lipinski definition) is 2. The van der Waals surface area contributed by atoms with Gasteiger partial charge in [0.2, 0.25) is 0 Å². The predicted molar refractivity (Wildman–Crippen MR) is 74.5 cm³/mol. The van der Waals surface area contributed by atoms with Crippen LogP contribution in [0.1, 0.15) is 46.0 Å². The second-order valence-electron chi connectivity index (χ2n) is 6.41. The van der Waals surface area contributed by atoms with Gasteiger partial charge in [0.1, 0.15) is 6.67 Å². The van der Waals surface area contributed by atoms with E-state index in [4.69, 9.17) is 0 Å². The van der Waals surface area contributed by atoms with Gasteiger partial charge in [-0.25, -0.2) is 4.39 Å². The first-order valence-corrected chi connectivity index (χ1v) is 7.75. The van der Waals surface area contributed by atoms with Crippen LogP contribution in [-0.2, 0) is 0 Å². The van der Waals surface area contributed by atoms with Gasteiger partial charge in [0.05, 0.1) is 0 Å². The van der Waals surface area contributed by atoms with E-state index in [-0.39, 0.29) is 6.67 Å². The minimum atomic E-state index is -0.208. The molecule has 2 fully saturated rings. The van der Waals surface area contributed by atoms with Crippen LogP contribution in [0.2, 0.25) is 0 Å². The van der Waals surface area contributed by atoms with Crippen molar-refractivity contribution in [2.45, 2.75) is 58.0 Å². The molecule has 2 nitrogen and oxygen atoms in total. The number of halogens is 1. The summed E-state index contributed by atoms with van der Waals surface area (Å²) in [4.78, 5) is 2.39. The Balaban J connectivity index is 1.92. The van der Waals surface area contributed by atoms with Gasteiger partial charge in [-0.1, -0.05) is 33.1 Å². The first-order chi connectivity index (χ1) is 8.72. The van der Waals surface area contributed by atoms with E-state index in [0.717, 1.165) is 19.0 Å². The van der Waals surface area contributed by atoms with Crippen molar-refractivity contribution < 1.29 is 4.39 Å². The Labute approximate surface area is 111 Å². The number of rotatable bonds is 4. The van der Waals surface area contributed by atoms with Gasteiger partial charge in [-0.15, -0.1) is 0 Å². The van der Waals surface area contributed by atoms with Crippen molar-refractivity contribution in [3.05, 3.63) is 0 Å². The summed E-state index contributed by atoms with van der Waals surface area (Å²) in [5, 5.41) is 3.74. The summed E-state index contributed by atoms with van der Waals surface area (Å²) in [6, 6.07) is 1.12. The maximum Gasteiger partial charge on any atom is 0.102 e. The zero-order valence-corrected chi connectivity index (χ0v) is 12.0. The third-order valence-corrected chi connectivity index (χ3v) is 4.85. The van der Waals surface area contributed by atoms with Crippen molar-refractivity contribution in [2.75, 3.05) is 26.3 Å². The highest BCUT2D eigenvalue weighted by Crippen LogP contribution is 2.29. The van der Waals surface area contributed by atoms with Gasteiger partial charge in [-0.2, -0.15) is 0 Å². The van der Waals surface area contributed by atoms with Gasteiger partial charge >= 0.3 is 0 Å². The third-order valence-electron chi connectivity index (χ3n) is 4.85. The minimum Gasteiger partial charge on any atom is -0.311 e. The monoisotopic (exact) mass is 256 g/mol. The molecule has 3 heteroatoms. The number of piperazine rings is 1. The van der Waals surface area contributed by atoms with E-state index in [1.54, 1.807) is 0 Å². The Morgan fingerprint density at radius 2 is 1.94 bits per heavy atom. The van der Waals surface area contributed by atoms with Crippen molar-refractivity contribution >= 4 is 0 Å². The zero-order valence-electron chi connectivity index (χ0n) is 12.0. The Morgan fingerprint density at radius 3 is 2.56 bits per heavy atom. The van der Waals surface area contributed by atoms with E-state index in [9.17, 15) is 4.39 Å². The molecule has 0 aromatic carbocycles. The summed E-state index contributed by atoms with van der Waals surface area (Å²) in [6.45, 7) is 7.00. The first kappa shape index (κ1) is 14.3. The van der Waals surface area contributed by atoms with Gasteiger partial charge in [0.25, 0.3) is 0 Å². The van der Waals surface area contributed by atoms with E-state index in [1.165, 1.54) is 32.1 Å². The lowest BCUT2D eigenvalue weighted by Crippen LogP contribution is -2.60. The van der Waals surface area contributed by atoms with Crippen molar-refractivity contribution in [1.29, 1.82) is 0 Å². The topological polar surface area (TPSA) is 15.3 Å². The second kappa shape index (κ2) is 6.85. The fourth-order valence-corrected chi connectivity index (χ4v) is 3.73. The highest BCUT2D eigenvalue weighted by atomic mass is 19.1. The molecule has 1 aliphatic carbocycles. The summed E-state index contributed by atoms with van der Waals surface area (Å²) < 4.78 is 12.7. The lowest BCUT2D eigenvalue weighted by molar-refractivity contribution is 0.0671. The average molecular weight is 256 g/mol. The van der Waals surface area contributed by atoms with Crippen molar-refractivity contribution in [3.63, 3.8) is 0 Å². The SMILES string of the molecule is CC(C)C1CNC(C2CCCCC2)CN1CCF. The zero-order chi connectivity index (χ0) is 13.0. The number of nitrogens with one attached hydrogen (secondary N) is 1. The van der Waals surface area contributed by atoms with Crippen LogP contribution >= 0.6 is 0 Å². The van der Waals surface area contributed by atoms with Crippen molar-refractivity contribution in [1.82, 2.24) is 10.2 Å². The summed E-state index contributed by atoms with van der Waals surface area (Å²) >= 11 is 0. The Kier molecular flexibility index (Phi) is 5.43. The van der Waals surface area contributed by atoms with Crippen molar-refractivity contribution in [3.8, 4) is 0 Å². The Morgan fingerprint density at radius 1 is 1.22 bits per heavy atom. The molecule has 1 heterocycles. The number of alkyl halides is 1. The molecule has 2 aliphatic rings. The summed E-state index contributed by atoms with van der Waals surface area (Å²) in [6.07, 6.45) is 6.92. The van der Waals surface area contributed by atoms with Crippen LogP contribution in [0.25, 0.3) is 0 Å². The highest BCUT2D eigenvalue weighted by molar-refractivity contribution is 4.91. The van der Waals surface area contributed by atoms with Crippen molar-refractivity contribution in [2.24, 2.45) is 11.8 Å². The largest absolute Gasteiger partial charge is 0.311 e. The van der Waals surface area contributed by atoms with Gasteiger partial charge in [0.15, 0.2) is 0 Å². The lowest BCUT2D eigenvalue weighted by Gasteiger charge is -2.45. The van der Waals surface area contributed by atoms with E-state index < -0.39 is 0 Å². The van der Waals surface area contributed by atoms with Crippen LogP contribution < -0.4 is 5.32 Å². The predicted octanol–water partition coefficient (Wildman–Crippen LogP) is 2.83. The van der Waals surface area contributed by atoms with Gasteiger partial charge < -0.3 is 5.32 Å². The second-order valence-corrected chi connectivity index (χ2v) is 6.41. The van der Waals surface area contributed by atoms with Crippen LogP contribution in [0, 0.1) is 11.8 Å². The Hall–Kier alpha value is -0.150. The molecule has 1 saturated carbocycles. The van der Waals surface area contributed by atoms with E-state index in [0.29, 0.717) is 24.5 Å². The van der Waals surface area contributed by atoms with E-state index in [1.807, 2.05) is 0 Å². The van der Waals surface area contributed by atoms with Crippen LogP contribution in [-0.4, -0.2) is 43.3 Å². The molecule has 18 heavy (non-hydrogen) atoms. The molecule has 0 aromatic rings. The summed E-state index contributed by atoms with van der Waals surface area (Å²) in [5.74, 6) is 1.44. The van der Waals surface area contributed by atoms with Crippen LogP contribution in [0.5, 0.6) is 0 Å². The molecule has 2 rings (SSSR count). The molecule has 2 unspecified atom stereocenters. The maximum atomic E-state index is 12.7. The minimum absolute atomic E-state index is 0.208. The van der Waals surface area contributed by atoms with Gasteiger partial charge in [0, 0.05) is 31.7 Å². The molecule has 1 aliphatic heterocycles. The molecule has 0 aromatic heterocycles. The molecule has 1 saturated heterocycles. The first-order valence-electron chi connectivity index (χ1n) is 7.75. The summed E-state index contributed by atoms with van der Waals surface area (Å²) in [7, 11) is 0. The molecule has 0 spiro atoms. The summed E-state index contributed by atoms with van der Waals surface area (Å²) in [5.41, 5.74) is 0. The molecule has 0 bridgehead atoms. The highest BCUT2D eigenvalue weighted by Gasteiger charge is 2.33. The molecule has 106 valence electrons. The number of hydrogen-bond donors (Lipinski definition) is 1. The van der Waals surface area contributed by atoms with E-state index in [2.05, 4.69) is 24.1 Å². The standard InChI is InChI=1S/C15H29FN2/c1-12(2)15-10-17-14(11-18(15)9-8-16)13-6-4-3-5-7-13/h12-15,17H,3-11H2,1-2H3. The molecular formula is C15H29FN2. The Bertz CT molecular complexity index is 239. The smallest absolute Gasteiger partial charge is 0.102 e. The average Bonchev–Trinajstić information content (AvgIpc) is 2.40. The van der Waals surface area contributed by atoms with Gasteiger partial charge in [-0.05, 0) is 24.7 Å². The fraction of sp³-hybridized carbons (Fsp3) is 1.00. The lowest BCUT2D eigenvalue weighted by atomic mass is 9.82. The quantitative estimate of drug-likeness (QED) is 0.832. The van der Waals surface area contributed by atoms with E-state index >= 15 is 0 Å². The number of nitrogens with zero attached hydrogens (tertiary/aromatic N) is 1. The normalized spacial score (nSPS) is 32.0.